The molecule has 4 nitrogen and oxygen atoms in total. The predicted molar refractivity (Wildman–Crippen MR) is 133 cm³/mol. The first-order valence-electron chi connectivity index (χ1n) is 11.2. The van der Waals surface area contributed by atoms with Gasteiger partial charge in [0, 0.05) is 24.1 Å². The number of hydrogen-bond donors (Lipinski definition) is 0. The Balaban J connectivity index is 1.66. The number of hydrogen-bond acceptors (Lipinski definition) is 3. The largest absolute Gasteiger partial charge is 0.302 e. The normalized spacial score (nSPS) is 22.2. The molecule has 1 aliphatic carbocycles. The highest BCUT2D eigenvalue weighted by molar-refractivity contribution is 6.30. The fraction of sp³-hybridized carbons (Fsp3) is 0.250. The summed E-state index contributed by atoms with van der Waals surface area (Å²) < 4.78 is 0. The van der Waals surface area contributed by atoms with Crippen LogP contribution in [0.15, 0.2) is 77.8 Å². The summed E-state index contributed by atoms with van der Waals surface area (Å²) in [5.41, 5.74) is 5.48. The van der Waals surface area contributed by atoms with E-state index in [-0.39, 0.29) is 17.6 Å². The quantitative estimate of drug-likeness (QED) is 0.436. The minimum Gasteiger partial charge on any atom is -0.302 e. The predicted octanol–water partition coefficient (Wildman–Crippen LogP) is 6.59. The van der Waals surface area contributed by atoms with Crippen molar-refractivity contribution in [3.63, 3.8) is 0 Å². The molecule has 0 N–H and O–H groups in total. The van der Waals surface area contributed by atoms with Gasteiger partial charge in [0.2, 0.25) is 5.91 Å². The van der Waals surface area contributed by atoms with Gasteiger partial charge in [-0.1, -0.05) is 65.7 Å². The Labute approximate surface area is 198 Å². The van der Waals surface area contributed by atoms with Gasteiger partial charge in [0.25, 0.3) is 0 Å². The lowest BCUT2D eigenvalue weighted by molar-refractivity contribution is -0.123. The molecule has 3 aromatic rings. The van der Waals surface area contributed by atoms with E-state index in [1.807, 2.05) is 79.7 Å². The minimum atomic E-state index is -0.479. The minimum absolute atomic E-state index is 0.0412. The summed E-state index contributed by atoms with van der Waals surface area (Å²) in [5, 5.41) is 0.677. The number of Topliss-reactive ketones (excluding diaryl/α,β-unsaturated/α-hetero) is 1. The number of nitrogens with zero attached hydrogens (tertiary/aromatic N) is 2. The van der Waals surface area contributed by atoms with Gasteiger partial charge in [-0.3, -0.25) is 14.6 Å². The van der Waals surface area contributed by atoms with Crippen LogP contribution in [0, 0.1) is 12.8 Å². The molecule has 0 saturated heterocycles. The number of amides is 1. The third kappa shape index (κ3) is 4.00. The first-order valence-corrected chi connectivity index (χ1v) is 11.6. The molecular formula is C28H25ClN2O2. The molecule has 2 aliphatic rings. The van der Waals surface area contributed by atoms with Crippen molar-refractivity contribution in [3.05, 3.63) is 94.5 Å². The molecule has 3 atom stereocenters. The summed E-state index contributed by atoms with van der Waals surface area (Å²) in [6, 6.07) is 23.1. The number of para-hydroxylation sites is 2. The van der Waals surface area contributed by atoms with E-state index in [2.05, 4.69) is 0 Å². The molecule has 5 rings (SSSR count). The molecule has 5 heteroatoms. The van der Waals surface area contributed by atoms with Crippen molar-refractivity contribution >= 4 is 40.4 Å². The Morgan fingerprint density at radius 1 is 0.939 bits per heavy atom. The van der Waals surface area contributed by atoms with E-state index in [4.69, 9.17) is 16.6 Å². The van der Waals surface area contributed by atoms with Gasteiger partial charge in [-0.05, 0) is 54.7 Å². The molecule has 1 heterocycles. The maximum absolute atomic E-state index is 13.8. The van der Waals surface area contributed by atoms with Gasteiger partial charge in [0.05, 0.1) is 23.3 Å². The summed E-state index contributed by atoms with van der Waals surface area (Å²) in [6.45, 7) is 3.59. The number of aryl methyl sites for hydroxylation is 1. The number of fused-ring (bicyclic) bond motifs is 2. The molecule has 33 heavy (non-hydrogen) atoms. The standard InChI is InChI=1S/C28H25ClN2O2/c1-17-7-9-20(10-8-17)28-27-24(30-23-5-3-4-6-25(23)31(28)18(2)32)15-21(16-26(27)33)19-11-13-22(29)14-12-19/h3-14,21,27-28H,15-16H2,1-2H3. The highest BCUT2D eigenvalue weighted by Crippen LogP contribution is 2.47. The van der Waals surface area contributed by atoms with E-state index in [0.29, 0.717) is 17.9 Å². The van der Waals surface area contributed by atoms with Crippen molar-refractivity contribution in [1.82, 2.24) is 0 Å². The summed E-state index contributed by atoms with van der Waals surface area (Å²) in [7, 11) is 0. The first-order chi connectivity index (χ1) is 15.9. The smallest absolute Gasteiger partial charge is 0.224 e. The van der Waals surface area contributed by atoms with Crippen molar-refractivity contribution in [2.24, 2.45) is 10.9 Å². The van der Waals surface area contributed by atoms with Gasteiger partial charge in [-0.2, -0.15) is 0 Å². The fourth-order valence-electron chi connectivity index (χ4n) is 5.14. The van der Waals surface area contributed by atoms with Crippen molar-refractivity contribution in [2.75, 3.05) is 4.90 Å². The molecule has 1 aliphatic heterocycles. The number of rotatable bonds is 2. The SMILES string of the molecule is CC(=O)N1c2ccccc2N=C2CC(c3ccc(Cl)cc3)CC(=O)C2C1c1ccc(C)cc1. The van der Waals surface area contributed by atoms with Gasteiger partial charge in [0.1, 0.15) is 5.78 Å². The van der Waals surface area contributed by atoms with E-state index >= 15 is 0 Å². The maximum Gasteiger partial charge on any atom is 0.224 e. The van der Waals surface area contributed by atoms with E-state index in [9.17, 15) is 9.59 Å². The zero-order chi connectivity index (χ0) is 23.1. The Kier molecular flexibility index (Phi) is 5.63. The van der Waals surface area contributed by atoms with Gasteiger partial charge < -0.3 is 4.90 Å². The van der Waals surface area contributed by atoms with Crippen LogP contribution in [0.1, 0.15) is 48.4 Å². The van der Waals surface area contributed by atoms with Crippen LogP contribution in [-0.2, 0) is 9.59 Å². The van der Waals surface area contributed by atoms with E-state index < -0.39 is 12.0 Å². The molecule has 0 spiro atoms. The molecule has 1 fully saturated rings. The lowest BCUT2D eigenvalue weighted by Gasteiger charge is -2.38. The van der Waals surface area contributed by atoms with Gasteiger partial charge in [-0.15, -0.1) is 0 Å². The topological polar surface area (TPSA) is 49.7 Å². The molecule has 0 radical (unpaired) electrons. The molecular weight excluding hydrogens is 432 g/mol. The maximum atomic E-state index is 13.8. The van der Waals surface area contributed by atoms with Crippen LogP contribution in [0.3, 0.4) is 0 Å². The number of benzene rings is 3. The first kappa shape index (κ1) is 21.6. The van der Waals surface area contributed by atoms with Crippen molar-refractivity contribution in [2.45, 2.75) is 38.6 Å². The average molecular weight is 457 g/mol. The van der Waals surface area contributed by atoms with Gasteiger partial charge >= 0.3 is 0 Å². The Hall–Kier alpha value is -3.24. The number of anilines is 1. The molecule has 0 bridgehead atoms. The molecule has 166 valence electrons. The lowest BCUT2D eigenvalue weighted by atomic mass is 9.72. The molecule has 3 aromatic carbocycles. The number of carbonyl (C=O) groups excluding carboxylic acids is 2. The number of carbonyl (C=O) groups is 2. The number of aliphatic imine (C=N–C) groups is 1. The van der Waals surface area contributed by atoms with Crippen molar-refractivity contribution in [3.8, 4) is 0 Å². The van der Waals surface area contributed by atoms with Crippen LogP contribution in [0.2, 0.25) is 5.02 Å². The lowest BCUT2D eigenvalue weighted by Crippen LogP contribution is -2.45. The molecule has 0 aromatic heterocycles. The van der Waals surface area contributed by atoms with Gasteiger partial charge in [0.15, 0.2) is 0 Å². The summed E-state index contributed by atoms with van der Waals surface area (Å²) in [4.78, 5) is 33.5. The van der Waals surface area contributed by atoms with Crippen LogP contribution in [0.25, 0.3) is 0 Å². The second kappa shape index (κ2) is 8.60. The third-order valence-corrected chi connectivity index (χ3v) is 6.96. The monoisotopic (exact) mass is 456 g/mol. The van der Waals surface area contributed by atoms with Crippen LogP contribution in [-0.4, -0.2) is 17.4 Å². The second-order valence-electron chi connectivity index (χ2n) is 8.94. The summed E-state index contributed by atoms with van der Waals surface area (Å²) >= 11 is 6.08. The van der Waals surface area contributed by atoms with Crippen LogP contribution in [0.5, 0.6) is 0 Å². The molecule has 1 amide bonds. The van der Waals surface area contributed by atoms with Crippen LogP contribution in [0.4, 0.5) is 11.4 Å². The van der Waals surface area contributed by atoms with Crippen molar-refractivity contribution < 1.29 is 9.59 Å². The fourth-order valence-corrected chi connectivity index (χ4v) is 5.26. The zero-order valence-electron chi connectivity index (χ0n) is 18.7. The highest BCUT2D eigenvalue weighted by Gasteiger charge is 2.45. The number of halogens is 1. The second-order valence-corrected chi connectivity index (χ2v) is 9.37. The summed E-state index contributed by atoms with van der Waals surface area (Å²) in [6.07, 6.45) is 1.08. The van der Waals surface area contributed by atoms with E-state index in [1.165, 1.54) is 0 Å². The molecule has 3 unspecified atom stereocenters. The Morgan fingerprint density at radius 3 is 2.30 bits per heavy atom. The van der Waals surface area contributed by atoms with Gasteiger partial charge in [-0.25, -0.2) is 0 Å². The van der Waals surface area contributed by atoms with Crippen molar-refractivity contribution in [1.29, 1.82) is 0 Å². The average Bonchev–Trinajstić information content (AvgIpc) is 2.94. The van der Waals surface area contributed by atoms with E-state index in [0.717, 1.165) is 33.8 Å². The summed E-state index contributed by atoms with van der Waals surface area (Å²) in [5.74, 6) is -0.422. The Bertz CT molecular complexity index is 1250. The van der Waals surface area contributed by atoms with Crippen LogP contribution < -0.4 is 4.90 Å². The molecule has 1 saturated carbocycles. The van der Waals surface area contributed by atoms with E-state index in [1.54, 1.807) is 11.8 Å². The Morgan fingerprint density at radius 2 is 1.61 bits per heavy atom. The third-order valence-electron chi connectivity index (χ3n) is 6.71. The number of ketones is 1. The zero-order valence-corrected chi connectivity index (χ0v) is 19.4. The van der Waals surface area contributed by atoms with Crippen LogP contribution >= 0.6 is 11.6 Å². The highest BCUT2D eigenvalue weighted by atomic mass is 35.5.